The summed E-state index contributed by atoms with van der Waals surface area (Å²) in [5.41, 5.74) is 0. The number of amides is 1. The molecule has 3 heterocycles. The number of nitrogens with zero attached hydrogens (tertiary/aromatic N) is 1. The number of nitrogens with one attached hydrogen (secondary N) is 1. The van der Waals surface area contributed by atoms with Gasteiger partial charge in [0.25, 0.3) is 0 Å². The molecule has 1 saturated heterocycles. The first-order valence-corrected chi connectivity index (χ1v) is 9.16. The SMILES string of the molecule is O=C([C@@H]1CCCCN1)N(Cc1cccs1)Cc1cccs1. The Bertz CT molecular complexity index is 509. The van der Waals surface area contributed by atoms with Crippen molar-refractivity contribution in [3.05, 3.63) is 44.8 Å². The van der Waals surface area contributed by atoms with Gasteiger partial charge in [-0.25, -0.2) is 0 Å². The Balaban J connectivity index is 1.72. The average Bonchev–Trinajstić information content (AvgIpc) is 3.20. The van der Waals surface area contributed by atoms with Gasteiger partial charge in [0.2, 0.25) is 5.91 Å². The number of piperidine rings is 1. The fourth-order valence-electron chi connectivity index (χ4n) is 2.68. The number of rotatable bonds is 5. The monoisotopic (exact) mass is 320 g/mol. The van der Waals surface area contributed by atoms with Crippen molar-refractivity contribution in [2.24, 2.45) is 0 Å². The van der Waals surface area contributed by atoms with Gasteiger partial charge in [0.1, 0.15) is 0 Å². The Morgan fingerprint density at radius 3 is 2.29 bits per heavy atom. The maximum Gasteiger partial charge on any atom is 0.240 e. The molecular formula is C16H20N2OS2. The van der Waals surface area contributed by atoms with Crippen molar-refractivity contribution in [2.45, 2.75) is 38.4 Å². The van der Waals surface area contributed by atoms with Crippen LogP contribution in [0.15, 0.2) is 35.0 Å². The van der Waals surface area contributed by atoms with Crippen molar-refractivity contribution in [1.29, 1.82) is 0 Å². The molecule has 21 heavy (non-hydrogen) atoms. The molecule has 3 rings (SSSR count). The number of hydrogen-bond acceptors (Lipinski definition) is 4. The van der Waals surface area contributed by atoms with Crippen LogP contribution in [0.1, 0.15) is 29.0 Å². The van der Waals surface area contributed by atoms with Crippen LogP contribution in [-0.2, 0) is 17.9 Å². The van der Waals surface area contributed by atoms with E-state index in [1.54, 1.807) is 22.7 Å². The third-order valence-corrected chi connectivity index (χ3v) is 5.50. The molecule has 1 fully saturated rings. The Hall–Kier alpha value is -1.17. The van der Waals surface area contributed by atoms with E-state index in [2.05, 4.69) is 28.2 Å². The number of thiophene rings is 2. The molecule has 0 unspecified atom stereocenters. The molecular weight excluding hydrogens is 300 g/mol. The summed E-state index contributed by atoms with van der Waals surface area (Å²) in [6, 6.07) is 8.30. The lowest BCUT2D eigenvalue weighted by Gasteiger charge is -2.29. The molecule has 1 aliphatic heterocycles. The van der Waals surface area contributed by atoms with Crippen molar-refractivity contribution >= 4 is 28.6 Å². The zero-order valence-corrected chi connectivity index (χ0v) is 13.6. The Morgan fingerprint density at radius 2 is 1.81 bits per heavy atom. The largest absolute Gasteiger partial charge is 0.331 e. The van der Waals surface area contributed by atoms with Crippen LogP contribution in [-0.4, -0.2) is 23.4 Å². The van der Waals surface area contributed by atoms with Gasteiger partial charge in [-0.3, -0.25) is 4.79 Å². The highest BCUT2D eigenvalue weighted by Gasteiger charge is 2.26. The van der Waals surface area contributed by atoms with Gasteiger partial charge in [0.05, 0.1) is 19.1 Å². The molecule has 2 aromatic rings. The molecule has 3 nitrogen and oxygen atoms in total. The van der Waals surface area contributed by atoms with Gasteiger partial charge >= 0.3 is 0 Å². The molecule has 1 aliphatic rings. The topological polar surface area (TPSA) is 32.3 Å². The van der Waals surface area contributed by atoms with Crippen LogP contribution in [0.2, 0.25) is 0 Å². The summed E-state index contributed by atoms with van der Waals surface area (Å²) in [6.45, 7) is 2.39. The summed E-state index contributed by atoms with van der Waals surface area (Å²) < 4.78 is 0. The normalized spacial score (nSPS) is 18.6. The smallest absolute Gasteiger partial charge is 0.240 e. The van der Waals surface area contributed by atoms with Crippen LogP contribution in [0.25, 0.3) is 0 Å². The molecule has 112 valence electrons. The number of hydrogen-bond donors (Lipinski definition) is 1. The molecule has 0 aliphatic carbocycles. The second kappa shape index (κ2) is 7.20. The lowest BCUT2D eigenvalue weighted by molar-refractivity contribution is -0.135. The first-order chi connectivity index (χ1) is 10.3. The van der Waals surface area contributed by atoms with Crippen molar-refractivity contribution in [2.75, 3.05) is 6.54 Å². The molecule has 2 aromatic heterocycles. The van der Waals surface area contributed by atoms with E-state index in [1.165, 1.54) is 16.2 Å². The highest BCUT2D eigenvalue weighted by molar-refractivity contribution is 7.10. The first-order valence-electron chi connectivity index (χ1n) is 7.40. The summed E-state index contributed by atoms with van der Waals surface area (Å²) in [4.78, 5) is 17.3. The zero-order valence-electron chi connectivity index (χ0n) is 12.0. The van der Waals surface area contributed by atoms with Crippen LogP contribution in [0.4, 0.5) is 0 Å². The summed E-state index contributed by atoms with van der Waals surface area (Å²) in [5, 5.41) is 7.52. The van der Waals surface area contributed by atoms with Gasteiger partial charge in [-0.1, -0.05) is 18.6 Å². The van der Waals surface area contributed by atoms with Crippen LogP contribution < -0.4 is 5.32 Å². The maximum atomic E-state index is 12.8. The van der Waals surface area contributed by atoms with Gasteiger partial charge in [0.15, 0.2) is 0 Å². The van der Waals surface area contributed by atoms with Crippen molar-refractivity contribution in [3.63, 3.8) is 0 Å². The standard InChI is InChI=1S/C16H20N2OS2/c19-16(15-7-1-2-8-17-15)18(11-13-5-3-9-20-13)12-14-6-4-10-21-14/h3-6,9-10,15,17H,1-2,7-8,11-12H2/t15-/m0/s1. The highest BCUT2D eigenvalue weighted by atomic mass is 32.1. The van der Waals surface area contributed by atoms with Crippen LogP contribution in [0.5, 0.6) is 0 Å². The van der Waals surface area contributed by atoms with E-state index in [0.717, 1.165) is 19.4 Å². The second-order valence-corrected chi connectivity index (χ2v) is 7.42. The Kier molecular flexibility index (Phi) is 5.06. The van der Waals surface area contributed by atoms with E-state index >= 15 is 0 Å². The predicted molar refractivity (Wildman–Crippen MR) is 88.5 cm³/mol. The van der Waals surface area contributed by atoms with E-state index < -0.39 is 0 Å². The molecule has 0 saturated carbocycles. The van der Waals surface area contributed by atoms with Gasteiger partial charge < -0.3 is 10.2 Å². The second-order valence-electron chi connectivity index (χ2n) is 5.36. The minimum atomic E-state index is -0.00123. The van der Waals surface area contributed by atoms with Gasteiger partial charge in [-0.05, 0) is 42.3 Å². The lowest BCUT2D eigenvalue weighted by Crippen LogP contribution is -2.47. The van der Waals surface area contributed by atoms with Crippen LogP contribution >= 0.6 is 22.7 Å². The fraction of sp³-hybridized carbons (Fsp3) is 0.438. The molecule has 0 bridgehead atoms. The van der Waals surface area contributed by atoms with Gasteiger partial charge in [-0.15, -0.1) is 22.7 Å². The van der Waals surface area contributed by atoms with E-state index in [1.807, 2.05) is 17.0 Å². The molecule has 1 N–H and O–H groups in total. The molecule has 0 spiro atoms. The minimum Gasteiger partial charge on any atom is -0.331 e. The predicted octanol–water partition coefficient (Wildman–Crippen LogP) is 3.48. The van der Waals surface area contributed by atoms with Gasteiger partial charge in [-0.2, -0.15) is 0 Å². The summed E-state index contributed by atoms with van der Waals surface area (Å²) >= 11 is 3.43. The van der Waals surface area contributed by atoms with Crippen molar-refractivity contribution < 1.29 is 4.79 Å². The lowest BCUT2D eigenvalue weighted by atomic mass is 10.0. The zero-order chi connectivity index (χ0) is 14.5. The summed E-state index contributed by atoms with van der Waals surface area (Å²) in [6.07, 6.45) is 3.29. The average molecular weight is 320 g/mol. The molecule has 1 atom stereocenters. The number of carbonyl (C=O) groups excluding carboxylic acids is 1. The van der Waals surface area contributed by atoms with Gasteiger partial charge in [0, 0.05) is 9.75 Å². The van der Waals surface area contributed by atoms with Crippen molar-refractivity contribution in [1.82, 2.24) is 10.2 Å². The quantitative estimate of drug-likeness (QED) is 0.915. The third-order valence-electron chi connectivity index (χ3n) is 3.77. The van der Waals surface area contributed by atoms with E-state index in [4.69, 9.17) is 0 Å². The highest BCUT2D eigenvalue weighted by Crippen LogP contribution is 2.19. The van der Waals surface area contributed by atoms with E-state index in [0.29, 0.717) is 13.1 Å². The Morgan fingerprint density at radius 1 is 1.14 bits per heavy atom. The van der Waals surface area contributed by atoms with Crippen molar-refractivity contribution in [3.8, 4) is 0 Å². The summed E-state index contributed by atoms with van der Waals surface area (Å²) in [7, 11) is 0. The fourth-order valence-corrected chi connectivity index (χ4v) is 4.11. The molecule has 1 amide bonds. The third kappa shape index (κ3) is 3.93. The number of carbonyl (C=O) groups is 1. The van der Waals surface area contributed by atoms with Crippen LogP contribution in [0, 0.1) is 0 Å². The van der Waals surface area contributed by atoms with Crippen LogP contribution in [0.3, 0.4) is 0 Å². The van der Waals surface area contributed by atoms with E-state index in [-0.39, 0.29) is 11.9 Å². The Labute approximate surface area is 133 Å². The molecule has 0 aromatic carbocycles. The molecule has 5 heteroatoms. The maximum absolute atomic E-state index is 12.8. The molecule has 0 radical (unpaired) electrons. The summed E-state index contributed by atoms with van der Waals surface area (Å²) in [5.74, 6) is 0.247. The minimum absolute atomic E-state index is 0.00123. The van der Waals surface area contributed by atoms with E-state index in [9.17, 15) is 4.79 Å². The first kappa shape index (κ1) is 14.8.